The van der Waals surface area contributed by atoms with Crippen LogP contribution < -0.4 is 4.80 Å². The van der Waals surface area contributed by atoms with Crippen molar-refractivity contribution >= 4 is 28.4 Å². The number of aromatic nitrogens is 1. The van der Waals surface area contributed by atoms with Crippen molar-refractivity contribution in [3.63, 3.8) is 0 Å². The van der Waals surface area contributed by atoms with Gasteiger partial charge in [0.25, 0.3) is 0 Å². The second-order valence-electron chi connectivity index (χ2n) is 6.17. The van der Waals surface area contributed by atoms with Crippen LogP contribution in [-0.4, -0.2) is 4.57 Å². The molecule has 0 aliphatic rings. The molecule has 0 bridgehead atoms. The van der Waals surface area contributed by atoms with Crippen LogP contribution in [0.4, 0.5) is 5.69 Å². The second-order valence-corrected chi connectivity index (χ2v) is 7.95. The van der Waals surface area contributed by atoms with E-state index in [1.807, 2.05) is 6.07 Å². The number of thiophene rings is 1. The average molecular weight is 377 g/mol. The summed E-state index contributed by atoms with van der Waals surface area (Å²) in [4.78, 5) is 7.32. The van der Waals surface area contributed by atoms with Crippen molar-refractivity contribution in [1.29, 1.82) is 0 Å². The van der Waals surface area contributed by atoms with Gasteiger partial charge in [-0.2, -0.15) is 0 Å². The molecule has 0 aliphatic carbocycles. The summed E-state index contributed by atoms with van der Waals surface area (Å²) in [6.07, 6.45) is 0.997. The zero-order chi connectivity index (χ0) is 17.8. The molecule has 2 nitrogen and oxygen atoms in total. The molecule has 4 heteroatoms. The van der Waals surface area contributed by atoms with Gasteiger partial charge in [-0.25, -0.2) is 4.99 Å². The van der Waals surface area contributed by atoms with Gasteiger partial charge in [0.1, 0.15) is 0 Å². The minimum Gasteiger partial charge on any atom is -0.315 e. The highest BCUT2D eigenvalue weighted by Crippen LogP contribution is 2.26. The summed E-state index contributed by atoms with van der Waals surface area (Å²) >= 11 is 3.49. The first-order valence-electron chi connectivity index (χ1n) is 8.68. The van der Waals surface area contributed by atoms with Crippen LogP contribution in [-0.2, 0) is 13.0 Å². The average Bonchev–Trinajstić information content (AvgIpc) is 3.32. The number of hydrogen-bond donors (Lipinski definition) is 0. The Labute approximate surface area is 161 Å². The Hall–Kier alpha value is -2.43. The van der Waals surface area contributed by atoms with E-state index < -0.39 is 0 Å². The molecule has 0 radical (unpaired) electrons. The third-order valence-corrected chi connectivity index (χ3v) is 6.13. The Kier molecular flexibility index (Phi) is 5.14. The van der Waals surface area contributed by atoms with Gasteiger partial charge < -0.3 is 4.57 Å². The lowest BCUT2D eigenvalue weighted by Crippen LogP contribution is -2.17. The van der Waals surface area contributed by atoms with Gasteiger partial charge in [-0.05, 0) is 42.0 Å². The van der Waals surface area contributed by atoms with Crippen molar-refractivity contribution < 1.29 is 0 Å². The predicted molar refractivity (Wildman–Crippen MR) is 112 cm³/mol. The highest BCUT2D eigenvalue weighted by Gasteiger charge is 2.09. The molecule has 2 aromatic carbocycles. The third-order valence-electron chi connectivity index (χ3n) is 4.37. The standard InChI is InChI=1S/C22H20N2S2/c1-17-8-5-6-11-19(17)23-22-24(14-13-18-9-3-2-4-10-18)20(16-26-22)21-12-7-15-25-21/h2-12,15-16H,13-14H2,1H3. The number of aryl methyl sites for hydroxylation is 2. The maximum Gasteiger partial charge on any atom is 0.190 e. The highest BCUT2D eigenvalue weighted by atomic mass is 32.1. The highest BCUT2D eigenvalue weighted by molar-refractivity contribution is 7.14. The molecule has 0 N–H and O–H groups in total. The molecule has 4 rings (SSSR count). The molecule has 0 spiro atoms. The van der Waals surface area contributed by atoms with E-state index in [9.17, 15) is 0 Å². The normalized spacial score (nSPS) is 11.8. The zero-order valence-electron chi connectivity index (χ0n) is 14.6. The van der Waals surface area contributed by atoms with E-state index in [4.69, 9.17) is 4.99 Å². The largest absolute Gasteiger partial charge is 0.315 e. The lowest BCUT2D eigenvalue weighted by Gasteiger charge is -2.08. The topological polar surface area (TPSA) is 17.3 Å². The van der Waals surface area contributed by atoms with Crippen molar-refractivity contribution in [3.05, 3.63) is 93.4 Å². The third kappa shape index (κ3) is 3.71. The van der Waals surface area contributed by atoms with E-state index in [1.165, 1.54) is 21.7 Å². The lowest BCUT2D eigenvalue weighted by atomic mass is 10.1. The molecule has 4 aromatic rings. The maximum absolute atomic E-state index is 4.97. The quantitative estimate of drug-likeness (QED) is 0.403. The Morgan fingerprint density at radius 3 is 2.46 bits per heavy atom. The monoisotopic (exact) mass is 376 g/mol. The summed E-state index contributed by atoms with van der Waals surface area (Å²) in [5.41, 5.74) is 4.85. The van der Waals surface area contributed by atoms with Crippen LogP contribution in [0.2, 0.25) is 0 Å². The van der Waals surface area contributed by atoms with Gasteiger partial charge in [0.2, 0.25) is 0 Å². The number of benzene rings is 2. The van der Waals surface area contributed by atoms with Crippen molar-refractivity contribution in [2.24, 2.45) is 4.99 Å². The number of thiazole rings is 1. The molecule has 0 saturated heterocycles. The van der Waals surface area contributed by atoms with Gasteiger partial charge in [0.05, 0.1) is 16.3 Å². The summed E-state index contributed by atoms with van der Waals surface area (Å²) in [6.45, 7) is 3.03. The second kappa shape index (κ2) is 7.85. The Morgan fingerprint density at radius 2 is 1.69 bits per heavy atom. The zero-order valence-corrected chi connectivity index (χ0v) is 16.3. The fourth-order valence-electron chi connectivity index (χ4n) is 2.93. The van der Waals surface area contributed by atoms with Gasteiger partial charge in [-0.1, -0.05) is 54.6 Å². The van der Waals surface area contributed by atoms with E-state index in [1.54, 1.807) is 22.7 Å². The minimum atomic E-state index is 0.922. The summed E-state index contributed by atoms with van der Waals surface area (Å²) < 4.78 is 2.36. The number of hydrogen-bond acceptors (Lipinski definition) is 3. The van der Waals surface area contributed by atoms with E-state index in [0.29, 0.717) is 0 Å². The Bertz CT molecular complexity index is 1040. The maximum atomic E-state index is 4.97. The first kappa shape index (κ1) is 17.0. The fraction of sp³-hybridized carbons (Fsp3) is 0.136. The van der Waals surface area contributed by atoms with Crippen LogP contribution in [0.5, 0.6) is 0 Å². The van der Waals surface area contributed by atoms with Crippen LogP contribution in [0.25, 0.3) is 10.6 Å². The van der Waals surface area contributed by atoms with Crippen LogP contribution in [0.15, 0.2) is 82.5 Å². The van der Waals surface area contributed by atoms with Crippen molar-refractivity contribution in [2.75, 3.05) is 0 Å². The summed E-state index contributed by atoms with van der Waals surface area (Å²) in [7, 11) is 0. The van der Waals surface area contributed by atoms with Crippen molar-refractivity contribution in [3.8, 4) is 10.6 Å². The molecule has 130 valence electrons. The van der Waals surface area contributed by atoms with E-state index in [0.717, 1.165) is 23.5 Å². The smallest absolute Gasteiger partial charge is 0.190 e. The van der Waals surface area contributed by atoms with Gasteiger partial charge in [0.15, 0.2) is 4.80 Å². The molecule has 0 saturated carbocycles. The van der Waals surface area contributed by atoms with Crippen LogP contribution in [0, 0.1) is 6.92 Å². The summed E-state index contributed by atoms with van der Waals surface area (Å²) in [5.74, 6) is 0. The van der Waals surface area contributed by atoms with E-state index >= 15 is 0 Å². The lowest BCUT2D eigenvalue weighted by molar-refractivity contribution is 0.684. The number of rotatable bonds is 5. The van der Waals surface area contributed by atoms with Crippen molar-refractivity contribution in [2.45, 2.75) is 19.9 Å². The Morgan fingerprint density at radius 1 is 0.885 bits per heavy atom. The summed E-state index contributed by atoms with van der Waals surface area (Å²) in [5, 5.41) is 4.36. The molecule has 0 unspecified atom stereocenters. The molecular weight excluding hydrogens is 356 g/mol. The minimum absolute atomic E-state index is 0.922. The SMILES string of the molecule is Cc1ccccc1N=c1scc(-c2cccs2)n1CCc1ccccc1. The van der Waals surface area contributed by atoms with Gasteiger partial charge in [-0.3, -0.25) is 0 Å². The number of para-hydroxylation sites is 1. The van der Waals surface area contributed by atoms with Crippen LogP contribution in [0.3, 0.4) is 0 Å². The van der Waals surface area contributed by atoms with Gasteiger partial charge >= 0.3 is 0 Å². The van der Waals surface area contributed by atoms with Crippen molar-refractivity contribution in [1.82, 2.24) is 4.57 Å². The molecule has 0 atom stereocenters. The van der Waals surface area contributed by atoms with Gasteiger partial charge in [0, 0.05) is 11.9 Å². The first-order chi connectivity index (χ1) is 12.8. The first-order valence-corrected chi connectivity index (χ1v) is 10.4. The van der Waals surface area contributed by atoms with Crippen LogP contribution >= 0.6 is 22.7 Å². The predicted octanol–water partition coefficient (Wildman–Crippen LogP) is 6.06. The van der Waals surface area contributed by atoms with E-state index in [2.05, 4.69) is 82.9 Å². The molecule has 26 heavy (non-hydrogen) atoms. The molecule has 2 heterocycles. The van der Waals surface area contributed by atoms with Crippen LogP contribution in [0.1, 0.15) is 11.1 Å². The summed E-state index contributed by atoms with van der Waals surface area (Å²) in [6, 6.07) is 23.3. The molecule has 2 aromatic heterocycles. The molecular formula is C22H20N2S2. The fourth-order valence-corrected chi connectivity index (χ4v) is 4.70. The van der Waals surface area contributed by atoms with E-state index in [-0.39, 0.29) is 0 Å². The van der Waals surface area contributed by atoms with Gasteiger partial charge in [-0.15, -0.1) is 22.7 Å². The molecule has 0 amide bonds. The molecule has 0 aliphatic heterocycles. The Balaban J connectivity index is 1.76. The number of nitrogens with zero attached hydrogens (tertiary/aromatic N) is 2. The molecule has 0 fully saturated rings.